The highest BCUT2D eigenvalue weighted by Crippen LogP contribution is 2.19. The van der Waals surface area contributed by atoms with Crippen LogP contribution in [0.25, 0.3) is 0 Å². The molecule has 0 saturated carbocycles. The number of ether oxygens (including phenoxy) is 1. The normalized spacial score (nSPS) is 28.8. The van der Waals surface area contributed by atoms with Gasteiger partial charge in [0.25, 0.3) is 0 Å². The average Bonchev–Trinajstić information content (AvgIpc) is 2.64. The Labute approximate surface area is 105 Å². The average molecular weight is 241 g/mol. The van der Waals surface area contributed by atoms with Gasteiger partial charge in [0.15, 0.2) is 0 Å². The molecule has 0 bridgehead atoms. The van der Waals surface area contributed by atoms with E-state index >= 15 is 0 Å². The van der Waals surface area contributed by atoms with Gasteiger partial charge in [-0.1, -0.05) is 0 Å². The van der Waals surface area contributed by atoms with Crippen molar-refractivity contribution >= 4 is 0 Å². The van der Waals surface area contributed by atoms with Crippen LogP contribution in [-0.2, 0) is 4.74 Å². The van der Waals surface area contributed by atoms with E-state index in [0.29, 0.717) is 6.10 Å². The van der Waals surface area contributed by atoms with E-state index in [2.05, 4.69) is 35.9 Å². The van der Waals surface area contributed by atoms with Crippen molar-refractivity contribution in [2.24, 2.45) is 0 Å². The fraction of sp³-hybridized carbons (Fsp3) is 1.00. The number of hydrogen-bond donors (Lipinski definition) is 1. The van der Waals surface area contributed by atoms with Crippen LogP contribution in [0.5, 0.6) is 0 Å². The SMILES string of the molecule is CC(C)(C)O[C@@H]1CCN(CN2CCNCC2)C1. The summed E-state index contributed by atoms with van der Waals surface area (Å²) in [6.45, 7) is 14.5. The molecule has 1 atom stereocenters. The fourth-order valence-corrected chi connectivity index (χ4v) is 2.66. The molecule has 17 heavy (non-hydrogen) atoms. The van der Waals surface area contributed by atoms with Gasteiger partial charge in [0.1, 0.15) is 0 Å². The van der Waals surface area contributed by atoms with E-state index in [0.717, 1.165) is 26.3 Å². The molecule has 0 aromatic heterocycles. The lowest BCUT2D eigenvalue weighted by atomic mass is 10.2. The Bertz CT molecular complexity index is 233. The van der Waals surface area contributed by atoms with Crippen LogP contribution in [0.2, 0.25) is 0 Å². The molecule has 0 radical (unpaired) electrons. The third-order valence-electron chi connectivity index (χ3n) is 3.36. The molecule has 0 aromatic carbocycles. The summed E-state index contributed by atoms with van der Waals surface area (Å²) in [5, 5.41) is 3.39. The first kappa shape index (κ1) is 13.3. The maximum absolute atomic E-state index is 6.05. The molecule has 0 unspecified atom stereocenters. The van der Waals surface area contributed by atoms with Crippen molar-refractivity contribution < 1.29 is 4.74 Å². The summed E-state index contributed by atoms with van der Waals surface area (Å²) in [4.78, 5) is 5.07. The number of nitrogens with one attached hydrogen (secondary N) is 1. The van der Waals surface area contributed by atoms with Crippen molar-refractivity contribution in [3.05, 3.63) is 0 Å². The van der Waals surface area contributed by atoms with Gasteiger partial charge in [-0.15, -0.1) is 0 Å². The maximum atomic E-state index is 6.05. The molecule has 1 N–H and O–H groups in total. The molecule has 0 aromatic rings. The molecule has 2 aliphatic rings. The highest BCUT2D eigenvalue weighted by Gasteiger charge is 2.28. The third-order valence-corrected chi connectivity index (χ3v) is 3.36. The van der Waals surface area contributed by atoms with E-state index in [1.165, 1.54) is 26.1 Å². The van der Waals surface area contributed by atoms with Gasteiger partial charge in [-0.25, -0.2) is 0 Å². The minimum atomic E-state index is -0.00425. The van der Waals surface area contributed by atoms with Crippen molar-refractivity contribution in [2.75, 3.05) is 45.9 Å². The molecule has 4 heteroatoms. The molecule has 100 valence electrons. The zero-order valence-corrected chi connectivity index (χ0v) is 11.5. The molecule has 0 amide bonds. The largest absolute Gasteiger partial charge is 0.371 e. The van der Waals surface area contributed by atoms with Crippen LogP contribution in [0.1, 0.15) is 27.2 Å². The second-order valence-electron chi connectivity index (χ2n) is 6.23. The van der Waals surface area contributed by atoms with Gasteiger partial charge in [0.05, 0.1) is 18.4 Å². The lowest BCUT2D eigenvalue weighted by molar-refractivity contribution is -0.0554. The summed E-state index contributed by atoms with van der Waals surface area (Å²) in [5.41, 5.74) is -0.00425. The molecule has 2 rings (SSSR count). The summed E-state index contributed by atoms with van der Waals surface area (Å²) in [6, 6.07) is 0. The number of likely N-dealkylation sites (tertiary alicyclic amines) is 1. The molecule has 2 fully saturated rings. The van der Waals surface area contributed by atoms with Crippen molar-refractivity contribution in [3.63, 3.8) is 0 Å². The van der Waals surface area contributed by atoms with Gasteiger partial charge in [-0.05, 0) is 27.2 Å². The maximum Gasteiger partial charge on any atom is 0.0721 e. The van der Waals surface area contributed by atoms with Crippen molar-refractivity contribution in [3.8, 4) is 0 Å². The number of rotatable bonds is 3. The Morgan fingerprint density at radius 1 is 1.12 bits per heavy atom. The first-order valence-corrected chi connectivity index (χ1v) is 6.86. The molecule has 0 spiro atoms. The Morgan fingerprint density at radius 3 is 2.47 bits per heavy atom. The second kappa shape index (κ2) is 5.65. The second-order valence-corrected chi connectivity index (χ2v) is 6.23. The van der Waals surface area contributed by atoms with E-state index in [4.69, 9.17) is 4.74 Å². The smallest absolute Gasteiger partial charge is 0.0721 e. The summed E-state index contributed by atoms with van der Waals surface area (Å²) in [7, 11) is 0. The molecule has 2 heterocycles. The minimum absolute atomic E-state index is 0.00425. The molecule has 2 saturated heterocycles. The highest BCUT2D eigenvalue weighted by atomic mass is 16.5. The summed E-state index contributed by atoms with van der Waals surface area (Å²) < 4.78 is 6.05. The van der Waals surface area contributed by atoms with Crippen LogP contribution < -0.4 is 5.32 Å². The van der Waals surface area contributed by atoms with Crippen molar-refractivity contribution in [1.29, 1.82) is 0 Å². The fourth-order valence-electron chi connectivity index (χ4n) is 2.66. The van der Waals surface area contributed by atoms with Crippen molar-refractivity contribution in [1.82, 2.24) is 15.1 Å². The van der Waals surface area contributed by atoms with Crippen LogP contribution in [0.4, 0.5) is 0 Å². The number of hydrogen-bond acceptors (Lipinski definition) is 4. The van der Waals surface area contributed by atoms with E-state index in [1.807, 2.05) is 0 Å². The number of nitrogens with zero attached hydrogens (tertiary/aromatic N) is 2. The van der Waals surface area contributed by atoms with Crippen LogP contribution in [0.15, 0.2) is 0 Å². The summed E-state index contributed by atoms with van der Waals surface area (Å²) in [6.07, 6.45) is 1.61. The van der Waals surface area contributed by atoms with Gasteiger partial charge in [-0.3, -0.25) is 9.80 Å². The molecule has 2 aliphatic heterocycles. The minimum Gasteiger partial charge on any atom is -0.371 e. The van der Waals surface area contributed by atoms with Gasteiger partial charge in [-0.2, -0.15) is 0 Å². The monoisotopic (exact) mass is 241 g/mol. The molecule has 0 aliphatic carbocycles. The predicted octanol–water partition coefficient (Wildman–Crippen LogP) is 0.739. The van der Waals surface area contributed by atoms with Crippen LogP contribution in [0.3, 0.4) is 0 Å². The highest BCUT2D eigenvalue weighted by molar-refractivity contribution is 4.79. The van der Waals surface area contributed by atoms with E-state index in [9.17, 15) is 0 Å². The zero-order chi connectivity index (χ0) is 12.3. The topological polar surface area (TPSA) is 27.7 Å². The van der Waals surface area contributed by atoms with Crippen LogP contribution in [-0.4, -0.2) is 67.4 Å². The Kier molecular flexibility index (Phi) is 4.42. The standard InChI is InChI=1S/C13H27N3O/c1-13(2,3)17-12-4-7-16(10-12)11-15-8-5-14-6-9-15/h12,14H,4-11H2,1-3H3/t12-/m1/s1. The summed E-state index contributed by atoms with van der Waals surface area (Å²) >= 11 is 0. The molecular weight excluding hydrogens is 214 g/mol. The van der Waals surface area contributed by atoms with Gasteiger partial charge < -0.3 is 10.1 Å². The van der Waals surface area contributed by atoms with Crippen LogP contribution >= 0.6 is 0 Å². The Morgan fingerprint density at radius 2 is 1.82 bits per heavy atom. The van der Waals surface area contributed by atoms with Crippen molar-refractivity contribution in [2.45, 2.75) is 38.9 Å². The zero-order valence-electron chi connectivity index (χ0n) is 11.5. The quantitative estimate of drug-likeness (QED) is 0.789. The van der Waals surface area contributed by atoms with Gasteiger partial charge in [0.2, 0.25) is 0 Å². The first-order valence-electron chi connectivity index (χ1n) is 6.86. The van der Waals surface area contributed by atoms with E-state index in [1.54, 1.807) is 0 Å². The third kappa shape index (κ3) is 4.54. The molecule has 4 nitrogen and oxygen atoms in total. The lowest BCUT2D eigenvalue weighted by Gasteiger charge is -2.31. The van der Waals surface area contributed by atoms with E-state index < -0.39 is 0 Å². The lowest BCUT2D eigenvalue weighted by Crippen LogP contribution is -2.48. The van der Waals surface area contributed by atoms with Gasteiger partial charge in [0, 0.05) is 39.3 Å². The van der Waals surface area contributed by atoms with Gasteiger partial charge >= 0.3 is 0 Å². The predicted molar refractivity (Wildman–Crippen MR) is 70.1 cm³/mol. The van der Waals surface area contributed by atoms with Crippen LogP contribution in [0, 0.1) is 0 Å². The Hall–Kier alpha value is -0.160. The first-order chi connectivity index (χ1) is 8.03. The van der Waals surface area contributed by atoms with E-state index in [-0.39, 0.29) is 5.60 Å². The molecular formula is C13H27N3O. The Balaban J connectivity index is 1.70. The number of piperazine rings is 1. The summed E-state index contributed by atoms with van der Waals surface area (Å²) in [5.74, 6) is 0.